The Balaban J connectivity index is 1.65. The summed E-state index contributed by atoms with van der Waals surface area (Å²) in [5.74, 6) is -0.429. The fraction of sp³-hybridized carbons (Fsp3) is 0.222. The van der Waals surface area contributed by atoms with Gasteiger partial charge in [0.25, 0.3) is 10.0 Å². The van der Waals surface area contributed by atoms with Crippen molar-refractivity contribution in [3.8, 4) is 0 Å². The molecule has 29 heavy (non-hydrogen) atoms. The van der Waals surface area contributed by atoms with E-state index in [4.69, 9.17) is 14.4 Å². The predicted octanol–water partition coefficient (Wildman–Crippen LogP) is 1.58. The molecule has 152 valence electrons. The molecule has 10 nitrogen and oxygen atoms in total. The van der Waals surface area contributed by atoms with Gasteiger partial charge in [0.15, 0.2) is 11.6 Å². The Kier molecular flexibility index (Phi) is 5.09. The van der Waals surface area contributed by atoms with E-state index < -0.39 is 15.9 Å². The number of ether oxygens (including phenoxy) is 1. The number of carbonyl (C=O) groups is 1. The molecule has 0 saturated carbocycles. The maximum Gasteiger partial charge on any atom is 0.310 e. The van der Waals surface area contributed by atoms with Crippen molar-refractivity contribution < 1.29 is 27.6 Å². The average molecular weight is 418 g/mol. The molecule has 1 saturated heterocycles. The van der Waals surface area contributed by atoms with E-state index in [9.17, 15) is 13.2 Å². The Morgan fingerprint density at radius 2 is 1.97 bits per heavy atom. The molecule has 3 aromatic rings. The molecule has 1 aromatic carbocycles. The van der Waals surface area contributed by atoms with Gasteiger partial charge in [-0.3, -0.25) is 14.7 Å². The topological polar surface area (TPSA) is 134 Å². The summed E-state index contributed by atoms with van der Waals surface area (Å²) in [7, 11) is -3.94. The summed E-state index contributed by atoms with van der Waals surface area (Å²) in [6.07, 6.45) is 1.60. The number of pyridine rings is 1. The molecule has 0 bridgehead atoms. The van der Waals surface area contributed by atoms with Gasteiger partial charge in [-0.2, -0.15) is 0 Å². The number of aromatic nitrogens is 1. The zero-order chi connectivity index (χ0) is 20.4. The number of benzene rings is 1. The van der Waals surface area contributed by atoms with Crippen molar-refractivity contribution in [3.63, 3.8) is 0 Å². The van der Waals surface area contributed by atoms with Gasteiger partial charge in [0.05, 0.1) is 23.8 Å². The molecule has 0 radical (unpaired) electrons. The number of carbonyl (C=O) groups excluding carboxylic acids is 1. The van der Waals surface area contributed by atoms with Crippen molar-refractivity contribution in [2.75, 3.05) is 35.9 Å². The highest BCUT2D eigenvalue weighted by Gasteiger charge is 2.22. The highest BCUT2D eigenvalue weighted by Crippen LogP contribution is 2.28. The van der Waals surface area contributed by atoms with Crippen molar-refractivity contribution in [1.82, 2.24) is 10.5 Å². The molecule has 0 unspecified atom stereocenters. The van der Waals surface area contributed by atoms with Crippen LogP contribution < -0.4 is 15.1 Å². The highest BCUT2D eigenvalue weighted by molar-refractivity contribution is 7.92. The fourth-order valence-corrected chi connectivity index (χ4v) is 4.13. The third-order valence-electron chi connectivity index (χ3n) is 4.47. The molecule has 3 heterocycles. The summed E-state index contributed by atoms with van der Waals surface area (Å²) in [4.78, 5) is 17.7. The summed E-state index contributed by atoms with van der Waals surface area (Å²) in [5, 5.41) is 9.24. The second-order valence-corrected chi connectivity index (χ2v) is 8.01. The van der Waals surface area contributed by atoms with E-state index in [-0.39, 0.29) is 16.2 Å². The van der Waals surface area contributed by atoms with Crippen LogP contribution in [-0.2, 0) is 14.8 Å². The van der Waals surface area contributed by atoms with Crippen LogP contribution in [0, 0.1) is 0 Å². The van der Waals surface area contributed by atoms with E-state index in [0.29, 0.717) is 43.2 Å². The van der Waals surface area contributed by atoms with E-state index in [0.717, 1.165) is 0 Å². The Bertz CT molecular complexity index is 1150. The lowest BCUT2D eigenvalue weighted by Gasteiger charge is -2.29. The number of morpholine rings is 1. The van der Waals surface area contributed by atoms with E-state index in [1.54, 1.807) is 18.3 Å². The van der Waals surface area contributed by atoms with Gasteiger partial charge in [0.2, 0.25) is 0 Å². The lowest BCUT2D eigenvalue weighted by molar-refractivity contribution is 0.0678. The normalized spacial score (nSPS) is 14.7. The van der Waals surface area contributed by atoms with Gasteiger partial charge in [-0.1, -0.05) is 0 Å². The van der Waals surface area contributed by atoms with Gasteiger partial charge in [0.1, 0.15) is 5.58 Å². The van der Waals surface area contributed by atoms with Crippen LogP contribution in [0.5, 0.6) is 0 Å². The SMILES string of the molecule is O=C(NO)c1cc2ccc(S(=O)(=O)Nc3cccnc3N3CCOCC3)cc2o1. The maximum atomic E-state index is 12.9. The molecule has 2 aromatic heterocycles. The first-order valence-electron chi connectivity index (χ1n) is 8.76. The van der Waals surface area contributed by atoms with Crippen LogP contribution in [0.2, 0.25) is 0 Å². The van der Waals surface area contributed by atoms with E-state index in [1.807, 2.05) is 4.90 Å². The zero-order valence-corrected chi connectivity index (χ0v) is 16.0. The molecule has 4 rings (SSSR count). The van der Waals surface area contributed by atoms with Crippen LogP contribution >= 0.6 is 0 Å². The molecule has 1 aliphatic rings. The van der Waals surface area contributed by atoms with Crippen LogP contribution in [0.15, 0.2) is 51.9 Å². The molecule has 1 aliphatic heterocycles. The Morgan fingerprint density at radius 3 is 2.72 bits per heavy atom. The van der Waals surface area contributed by atoms with Gasteiger partial charge in [0, 0.05) is 30.7 Å². The number of hydrogen-bond donors (Lipinski definition) is 3. The van der Waals surface area contributed by atoms with E-state index in [2.05, 4.69) is 9.71 Å². The van der Waals surface area contributed by atoms with Crippen molar-refractivity contribution in [2.24, 2.45) is 0 Å². The number of sulfonamides is 1. The lowest BCUT2D eigenvalue weighted by Crippen LogP contribution is -2.37. The van der Waals surface area contributed by atoms with Gasteiger partial charge in [-0.05, 0) is 30.3 Å². The molecule has 0 atom stereocenters. The summed E-state index contributed by atoms with van der Waals surface area (Å²) in [6.45, 7) is 2.31. The molecular weight excluding hydrogens is 400 g/mol. The number of amides is 1. The van der Waals surface area contributed by atoms with E-state index in [1.165, 1.54) is 29.7 Å². The first-order valence-corrected chi connectivity index (χ1v) is 10.2. The number of furan rings is 1. The fourth-order valence-electron chi connectivity index (χ4n) is 3.05. The van der Waals surface area contributed by atoms with Crippen molar-refractivity contribution >= 4 is 38.4 Å². The first kappa shape index (κ1) is 19.2. The van der Waals surface area contributed by atoms with Crippen LogP contribution in [-0.4, -0.2) is 50.8 Å². The molecular formula is C18H18N4O6S. The third kappa shape index (κ3) is 3.88. The van der Waals surface area contributed by atoms with Crippen LogP contribution in [0.4, 0.5) is 11.5 Å². The molecule has 1 fully saturated rings. The Labute approximate surface area is 166 Å². The van der Waals surface area contributed by atoms with Crippen LogP contribution in [0.3, 0.4) is 0 Å². The predicted molar refractivity (Wildman–Crippen MR) is 104 cm³/mol. The van der Waals surface area contributed by atoms with Gasteiger partial charge in [-0.25, -0.2) is 18.9 Å². The minimum atomic E-state index is -3.94. The van der Waals surface area contributed by atoms with Crippen molar-refractivity contribution in [2.45, 2.75) is 4.90 Å². The summed E-state index contributed by atoms with van der Waals surface area (Å²) < 4.78 is 39.1. The molecule has 1 amide bonds. The minimum Gasteiger partial charge on any atom is -0.451 e. The summed E-state index contributed by atoms with van der Waals surface area (Å²) >= 11 is 0. The molecule has 3 N–H and O–H groups in total. The third-order valence-corrected chi connectivity index (χ3v) is 5.83. The highest BCUT2D eigenvalue weighted by atomic mass is 32.2. The quantitative estimate of drug-likeness (QED) is 0.420. The standard InChI is InChI=1S/C18H18N4O6S/c23-18(20-24)16-10-12-3-4-13(11-15(12)28-16)29(25,26)21-14-2-1-5-19-17(14)22-6-8-27-9-7-22/h1-5,10-11,21,24H,6-9H2,(H,20,23). The Hall–Kier alpha value is -3.15. The first-order chi connectivity index (χ1) is 14.0. The smallest absolute Gasteiger partial charge is 0.310 e. The van der Waals surface area contributed by atoms with Crippen LogP contribution in [0.1, 0.15) is 10.6 Å². The second kappa shape index (κ2) is 7.70. The maximum absolute atomic E-state index is 12.9. The lowest BCUT2D eigenvalue weighted by atomic mass is 10.2. The monoisotopic (exact) mass is 418 g/mol. The zero-order valence-electron chi connectivity index (χ0n) is 15.2. The van der Waals surface area contributed by atoms with Gasteiger partial charge >= 0.3 is 5.91 Å². The van der Waals surface area contributed by atoms with Crippen molar-refractivity contribution in [1.29, 1.82) is 0 Å². The number of hydrogen-bond acceptors (Lipinski definition) is 8. The number of fused-ring (bicyclic) bond motifs is 1. The summed E-state index contributed by atoms with van der Waals surface area (Å²) in [5.41, 5.74) is 2.03. The van der Waals surface area contributed by atoms with E-state index >= 15 is 0 Å². The Morgan fingerprint density at radius 1 is 1.17 bits per heavy atom. The molecule has 11 heteroatoms. The number of rotatable bonds is 5. The average Bonchev–Trinajstić information content (AvgIpc) is 3.17. The van der Waals surface area contributed by atoms with Gasteiger partial charge < -0.3 is 14.1 Å². The minimum absolute atomic E-state index is 0.0351. The molecule has 0 aliphatic carbocycles. The number of anilines is 2. The largest absolute Gasteiger partial charge is 0.451 e. The van der Waals surface area contributed by atoms with Gasteiger partial charge in [-0.15, -0.1) is 0 Å². The number of hydroxylamine groups is 1. The van der Waals surface area contributed by atoms with Crippen LogP contribution in [0.25, 0.3) is 11.0 Å². The molecule has 0 spiro atoms. The number of nitrogens with zero attached hydrogens (tertiary/aromatic N) is 2. The summed E-state index contributed by atoms with van der Waals surface area (Å²) in [6, 6.07) is 8.94. The second-order valence-electron chi connectivity index (χ2n) is 6.33. The number of nitrogens with one attached hydrogen (secondary N) is 2. The van der Waals surface area contributed by atoms with Crippen molar-refractivity contribution in [3.05, 3.63) is 48.4 Å².